The van der Waals surface area contributed by atoms with Crippen LogP contribution in [0.15, 0.2) is 174 Å². The van der Waals surface area contributed by atoms with Crippen LogP contribution in [0, 0.1) is 45.3 Å². The zero-order valence-electron chi connectivity index (χ0n) is 33.7. The van der Waals surface area contributed by atoms with Gasteiger partial charge in [0, 0.05) is 55.1 Å². The molecule has 0 unspecified atom stereocenters. The number of hydrogen-bond acceptors (Lipinski definition) is 8. The van der Waals surface area contributed by atoms with Gasteiger partial charge >= 0.3 is 0 Å². The van der Waals surface area contributed by atoms with Gasteiger partial charge in [-0.1, -0.05) is 109 Å². The summed E-state index contributed by atoms with van der Waals surface area (Å²) in [5.74, 6) is 1.27. The van der Waals surface area contributed by atoms with E-state index in [0.29, 0.717) is 62.1 Å². The van der Waals surface area contributed by atoms with Crippen molar-refractivity contribution < 1.29 is 4.42 Å². The molecule has 0 N–H and O–H groups in total. The van der Waals surface area contributed by atoms with E-state index in [1.54, 1.807) is 36.4 Å². The van der Waals surface area contributed by atoms with Crippen molar-refractivity contribution in [2.45, 2.75) is 0 Å². The second-order valence-electron chi connectivity index (χ2n) is 15.2. The normalized spacial score (nSPS) is 11.1. The molecule has 0 amide bonds. The van der Waals surface area contributed by atoms with Crippen molar-refractivity contribution >= 4 is 43.7 Å². The molecule has 3 aromatic heterocycles. The van der Waals surface area contributed by atoms with Gasteiger partial charge in [-0.2, -0.15) is 21.0 Å². The molecule has 0 bridgehead atoms. The number of aromatic nitrogens is 4. The van der Waals surface area contributed by atoms with Crippen molar-refractivity contribution in [3.8, 4) is 86.4 Å². The second-order valence-corrected chi connectivity index (χ2v) is 15.2. The average molecular weight is 817 g/mol. The van der Waals surface area contributed by atoms with Gasteiger partial charge in [-0.3, -0.25) is 0 Å². The third kappa shape index (κ3) is 6.02. The Labute approximate surface area is 365 Å². The molecule has 294 valence electrons. The Hall–Kier alpha value is -9.67. The van der Waals surface area contributed by atoms with Gasteiger partial charge in [-0.25, -0.2) is 15.0 Å². The molecule has 3 heterocycles. The van der Waals surface area contributed by atoms with Crippen LogP contribution < -0.4 is 0 Å². The number of hydrogen-bond donors (Lipinski definition) is 0. The highest BCUT2D eigenvalue weighted by molar-refractivity contribution is 6.24. The van der Waals surface area contributed by atoms with Gasteiger partial charge in [0.2, 0.25) is 0 Å². The standard InChI is InChI=1S/C55H28N8O/c56-29-33-19-21-40(38(25-33)31-58)45-27-37(55-61-53(35-11-3-1-4-12-35)60-54(62-55)36-13-5-2-6-14-36)28-46(41-22-20-34(30-57)26-39(41)32-59)51(45)63-47-17-9-7-16-44(47)50-48(63)24-23-43-42-15-8-10-18-49(42)64-52(43)50/h1-28H. The molecule has 0 saturated carbocycles. The van der Waals surface area contributed by atoms with Crippen molar-refractivity contribution in [3.05, 3.63) is 192 Å². The van der Waals surface area contributed by atoms with Crippen molar-refractivity contribution in [1.82, 2.24) is 19.5 Å². The highest BCUT2D eigenvalue weighted by Crippen LogP contribution is 2.47. The number of fused-ring (bicyclic) bond motifs is 7. The Kier molecular flexibility index (Phi) is 8.81. The molecule has 64 heavy (non-hydrogen) atoms. The molecule has 0 radical (unpaired) electrons. The van der Waals surface area contributed by atoms with Gasteiger partial charge in [0.25, 0.3) is 0 Å². The molecular formula is C55H28N8O. The maximum atomic E-state index is 10.8. The molecule has 0 aliphatic rings. The van der Waals surface area contributed by atoms with E-state index < -0.39 is 0 Å². The van der Waals surface area contributed by atoms with E-state index in [1.165, 1.54) is 0 Å². The predicted octanol–water partition coefficient (Wildman–Crippen LogP) is 12.7. The van der Waals surface area contributed by atoms with E-state index in [1.807, 2.05) is 109 Å². The summed E-state index contributed by atoms with van der Waals surface area (Å²) >= 11 is 0. The highest BCUT2D eigenvalue weighted by Gasteiger charge is 2.27. The maximum Gasteiger partial charge on any atom is 0.164 e. The molecular weight excluding hydrogens is 789 g/mol. The third-order valence-corrected chi connectivity index (χ3v) is 11.6. The molecule has 9 nitrogen and oxygen atoms in total. The number of nitrogens with zero attached hydrogens (tertiary/aromatic N) is 8. The molecule has 0 aliphatic heterocycles. The van der Waals surface area contributed by atoms with Crippen LogP contribution in [0.25, 0.3) is 106 Å². The summed E-state index contributed by atoms with van der Waals surface area (Å²) in [5, 5.41) is 45.4. The van der Waals surface area contributed by atoms with Gasteiger partial charge < -0.3 is 8.98 Å². The average Bonchev–Trinajstić information content (AvgIpc) is 3.91. The third-order valence-electron chi connectivity index (χ3n) is 11.6. The van der Waals surface area contributed by atoms with Crippen LogP contribution in [0.2, 0.25) is 0 Å². The minimum Gasteiger partial charge on any atom is -0.455 e. The van der Waals surface area contributed by atoms with Crippen LogP contribution in [0.5, 0.6) is 0 Å². The second kappa shape index (κ2) is 15.1. The first-order valence-electron chi connectivity index (χ1n) is 20.3. The van der Waals surface area contributed by atoms with E-state index in [2.05, 4.69) is 53.1 Å². The van der Waals surface area contributed by atoms with Crippen LogP contribution in [0.3, 0.4) is 0 Å². The van der Waals surface area contributed by atoms with Crippen molar-refractivity contribution in [2.75, 3.05) is 0 Å². The smallest absolute Gasteiger partial charge is 0.164 e. The van der Waals surface area contributed by atoms with Crippen molar-refractivity contribution in [1.29, 1.82) is 21.0 Å². The molecule has 8 aromatic carbocycles. The Balaban J connectivity index is 1.33. The van der Waals surface area contributed by atoms with Crippen LogP contribution in [0.4, 0.5) is 0 Å². The van der Waals surface area contributed by atoms with E-state index >= 15 is 0 Å². The lowest BCUT2D eigenvalue weighted by Crippen LogP contribution is -2.05. The molecule has 11 aromatic rings. The first-order valence-corrected chi connectivity index (χ1v) is 20.3. The topological polar surface area (TPSA) is 152 Å². The van der Waals surface area contributed by atoms with Crippen LogP contribution in [-0.2, 0) is 0 Å². The zero-order chi connectivity index (χ0) is 43.3. The van der Waals surface area contributed by atoms with Gasteiger partial charge in [0.1, 0.15) is 11.2 Å². The zero-order valence-corrected chi connectivity index (χ0v) is 33.7. The first kappa shape index (κ1) is 37.3. The minimum atomic E-state index is 0.273. The minimum absolute atomic E-state index is 0.273. The monoisotopic (exact) mass is 816 g/mol. The predicted molar refractivity (Wildman–Crippen MR) is 247 cm³/mol. The Bertz CT molecular complexity index is 3740. The lowest BCUT2D eigenvalue weighted by Gasteiger charge is -2.22. The van der Waals surface area contributed by atoms with Gasteiger partial charge in [-0.05, 0) is 60.7 Å². The lowest BCUT2D eigenvalue weighted by molar-refractivity contribution is 0.673. The molecule has 9 heteroatoms. The molecule has 0 fully saturated rings. The summed E-state index contributed by atoms with van der Waals surface area (Å²) in [6, 6.07) is 62.8. The van der Waals surface area contributed by atoms with E-state index in [0.717, 1.165) is 54.9 Å². The van der Waals surface area contributed by atoms with E-state index in [4.69, 9.17) is 19.4 Å². The maximum absolute atomic E-state index is 10.8. The molecule has 11 rings (SSSR count). The number of furan rings is 1. The fraction of sp³-hybridized carbons (Fsp3) is 0. The number of rotatable bonds is 6. The molecule has 0 spiro atoms. The van der Waals surface area contributed by atoms with Gasteiger partial charge in [0.05, 0.1) is 68.6 Å². The quantitative estimate of drug-likeness (QED) is 0.161. The lowest BCUT2D eigenvalue weighted by atomic mass is 9.88. The molecule has 0 aliphatic carbocycles. The largest absolute Gasteiger partial charge is 0.455 e. The summed E-state index contributed by atoms with van der Waals surface area (Å²) in [6.45, 7) is 0. The summed E-state index contributed by atoms with van der Waals surface area (Å²) < 4.78 is 8.82. The first-order chi connectivity index (χ1) is 31.5. The fourth-order valence-corrected chi connectivity index (χ4v) is 8.71. The summed E-state index contributed by atoms with van der Waals surface area (Å²) in [7, 11) is 0. The van der Waals surface area contributed by atoms with Crippen LogP contribution in [-0.4, -0.2) is 19.5 Å². The highest BCUT2D eigenvalue weighted by atomic mass is 16.3. The summed E-state index contributed by atoms with van der Waals surface area (Å²) in [5.41, 5.74) is 9.48. The van der Waals surface area contributed by atoms with Gasteiger partial charge in [-0.15, -0.1) is 0 Å². The number of nitriles is 4. The van der Waals surface area contributed by atoms with Crippen molar-refractivity contribution in [3.63, 3.8) is 0 Å². The number of para-hydroxylation sites is 2. The summed E-state index contributed by atoms with van der Waals surface area (Å²) in [6.07, 6.45) is 0. The van der Waals surface area contributed by atoms with Crippen molar-refractivity contribution in [2.24, 2.45) is 0 Å². The molecule has 0 atom stereocenters. The molecule has 0 saturated heterocycles. The fourth-order valence-electron chi connectivity index (χ4n) is 8.71. The Morgan fingerprint density at radius 3 is 1.48 bits per heavy atom. The Morgan fingerprint density at radius 2 is 0.922 bits per heavy atom. The Morgan fingerprint density at radius 1 is 0.406 bits per heavy atom. The van der Waals surface area contributed by atoms with E-state index in [-0.39, 0.29) is 11.1 Å². The van der Waals surface area contributed by atoms with Crippen LogP contribution in [0.1, 0.15) is 22.3 Å². The van der Waals surface area contributed by atoms with E-state index in [9.17, 15) is 21.0 Å². The summed E-state index contributed by atoms with van der Waals surface area (Å²) in [4.78, 5) is 15.1. The van der Waals surface area contributed by atoms with Gasteiger partial charge in [0.15, 0.2) is 17.5 Å². The number of benzene rings is 8. The van der Waals surface area contributed by atoms with Crippen LogP contribution >= 0.6 is 0 Å². The SMILES string of the molecule is N#Cc1ccc(-c2cc(-c3nc(-c4ccccc4)nc(-c4ccccc4)n3)cc(-c3ccc(C#N)cc3C#N)c2-n2c3ccccc3c3c4oc5ccccc5c4ccc32)c(C#N)c1.